The van der Waals surface area contributed by atoms with E-state index in [1.165, 1.54) is 19.9 Å². The second-order valence-electron chi connectivity index (χ2n) is 3.11. The first kappa shape index (κ1) is 10.4. The maximum atomic E-state index is 4.49. The van der Waals surface area contributed by atoms with E-state index in [1.54, 1.807) is 11.8 Å². The Morgan fingerprint density at radius 1 is 1.43 bits per heavy atom. The van der Waals surface area contributed by atoms with Crippen molar-refractivity contribution in [3.05, 3.63) is 23.8 Å². The van der Waals surface area contributed by atoms with Crippen molar-refractivity contribution in [2.45, 2.75) is 22.4 Å². The van der Waals surface area contributed by atoms with Gasteiger partial charge in [-0.2, -0.15) is 0 Å². The molecule has 3 heteroatoms. The summed E-state index contributed by atoms with van der Waals surface area (Å²) in [6.07, 6.45) is 3.22. The molecule has 14 heavy (non-hydrogen) atoms. The third kappa shape index (κ3) is 1.69. The van der Waals surface area contributed by atoms with Crippen molar-refractivity contribution < 1.29 is 0 Å². The predicted molar refractivity (Wildman–Crippen MR) is 70.2 cm³/mol. The molecule has 0 amide bonds. The highest BCUT2D eigenvalue weighted by Crippen LogP contribution is 2.37. The molecule has 0 aliphatic carbocycles. The average Bonchev–Trinajstić information content (AvgIpc) is 2.63. The van der Waals surface area contributed by atoms with Crippen LogP contribution in [0.15, 0.2) is 27.3 Å². The summed E-state index contributed by atoms with van der Waals surface area (Å²) in [5.41, 5.74) is 1.43. The highest BCUT2D eigenvalue weighted by molar-refractivity contribution is 8.00. The zero-order valence-corrected chi connectivity index (χ0v) is 10.7. The van der Waals surface area contributed by atoms with E-state index in [9.17, 15) is 0 Å². The normalized spacial score (nSPS) is 11.1. The maximum absolute atomic E-state index is 4.49. The van der Waals surface area contributed by atoms with Gasteiger partial charge in [0.15, 0.2) is 0 Å². The van der Waals surface area contributed by atoms with Crippen molar-refractivity contribution >= 4 is 45.8 Å². The van der Waals surface area contributed by atoms with Crippen molar-refractivity contribution in [2.75, 3.05) is 6.26 Å². The summed E-state index contributed by atoms with van der Waals surface area (Å²) in [5, 5.41) is 1.31. The Morgan fingerprint density at radius 3 is 2.86 bits per heavy atom. The van der Waals surface area contributed by atoms with E-state index in [0.29, 0.717) is 0 Å². The number of hydrogen-bond acceptors (Lipinski definition) is 3. The molecule has 0 N–H and O–H groups in total. The number of rotatable bonds is 2. The van der Waals surface area contributed by atoms with Crippen molar-refractivity contribution in [3.63, 3.8) is 0 Å². The molecule has 0 spiro atoms. The predicted octanol–water partition coefficient (Wildman–Crippen LogP) is 4.47. The van der Waals surface area contributed by atoms with Gasteiger partial charge >= 0.3 is 0 Å². The van der Waals surface area contributed by atoms with Gasteiger partial charge in [0.25, 0.3) is 0 Å². The molecule has 2 aromatic rings. The minimum atomic E-state index is 1.09. The molecule has 0 atom stereocenters. The van der Waals surface area contributed by atoms with Crippen LogP contribution >= 0.6 is 35.7 Å². The fourth-order valence-corrected chi connectivity index (χ4v) is 3.67. The van der Waals surface area contributed by atoms with E-state index in [1.807, 2.05) is 11.3 Å². The lowest BCUT2D eigenvalue weighted by molar-refractivity contribution is 1.16. The van der Waals surface area contributed by atoms with Crippen molar-refractivity contribution in [1.82, 2.24) is 0 Å². The SMILES string of the molecule is CCc1ccc(S)c2cc(SC)sc12. The van der Waals surface area contributed by atoms with Crippen LogP contribution in [0.25, 0.3) is 10.1 Å². The van der Waals surface area contributed by atoms with Gasteiger partial charge in [-0.15, -0.1) is 35.7 Å². The van der Waals surface area contributed by atoms with Crippen molar-refractivity contribution in [3.8, 4) is 0 Å². The second kappa shape index (κ2) is 4.17. The molecule has 0 radical (unpaired) electrons. The van der Waals surface area contributed by atoms with Crippen LogP contribution in [0.1, 0.15) is 12.5 Å². The van der Waals surface area contributed by atoms with E-state index in [-0.39, 0.29) is 0 Å². The highest BCUT2D eigenvalue weighted by atomic mass is 32.2. The van der Waals surface area contributed by atoms with Gasteiger partial charge in [-0.05, 0) is 30.4 Å². The Hall–Kier alpha value is -0.120. The lowest BCUT2D eigenvalue weighted by Gasteiger charge is -2.00. The third-order valence-electron chi connectivity index (χ3n) is 2.30. The average molecular weight is 240 g/mol. The zero-order valence-electron chi connectivity index (χ0n) is 8.20. The van der Waals surface area contributed by atoms with E-state index in [0.717, 1.165) is 11.3 Å². The number of benzene rings is 1. The Balaban J connectivity index is 2.74. The minimum absolute atomic E-state index is 1.09. The quantitative estimate of drug-likeness (QED) is 0.597. The van der Waals surface area contributed by atoms with Crippen LogP contribution in [0.3, 0.4) is 0 Å². The largest absolute Gasteiger partial charge is 0.143 e. The van der Waals surface area contributed by atoms with Crippen LogP contribution in [0.4, 0.5) is 0 Å². The zero-order chi connectivity index (χ0) is 10.1. The first-order valence-corrected chi connectivity index (χ1v) is 7.03. The Bertz CT molecular complexity index is 457. The summed E-state index contributed by atoms with van der Waals surface area (Å²) in [6.45, 7) is 2.20. The van der Waals surface area contributed by atoms with Gasteiger partial charge in [0.05, 0.1) is 4.21 Å². The molecular weight excluding hydrogens is 228 g/mol. The summed E-state index contributed by atoms with van der Waals surface area (Å²) < 4.78 is 2.78. The number of thiophene rings is 1. The van der Waals surface area contributed by atoms with Crippen LogP contribution in [0, 0.1) is 0 Å². The topological polar surface area (TPSA) is 0 Å². The molecule has 0 fully saturated rings. The first-order valence-electron chi connectivity index (χ1n) is 4.54. The first-order chi connectivity index (χ1) is 6.76. The lowest BCUT2D eigenvalue weighted by atomic mass is 10.1. The maximum Gasteiger partial charge on any atom is 0.0608 e. The fraction of sp³-hybridized carbons (Fsp3) is 0.273. The van der Waals surface area contributed by atoms with Crippen molar-refractivity contribution in [2.24, 2.45) is 0 Å². The summed E-state index contributed by atoms with van der Waals surface area (Å²) in [7, 11) is 0. The number of thioether (sulfide) groups is 1. The number of thiol groups is 1. The summed E-state index contributed by atoms with van der Waals surface area (Å²) in [4.78, 5) is 1.09. The molecule has 0 nitrogen and oxygen atoms in total. The molecule has 1 aromatic carbocycles. The van der Waals surface area contributed by atoms with Gasteiger partial charge in [-0.3, -0.25) is 0 Å². The summed E-state index contributed by atoms with van der Waals surface area (Å²) >= 11 is 8.17. The van der Waals surface area contributed by atoms with Crippen LogP contribution in [0.5, 0.6) is 0 Å². The van der Waals surface area contributed by atoms with E-state index < -0.39 is 0 Å². The van der Waals surface area contributed by atoms with Gasteiger partial charge < -0.3 is 0 Å². The molecule has 0 bridgehead atoms. The molecule has 1 heterocycles. The molecule has 0 saturated heterocycles. The van der Waals surface area contributed by atoms with E-state index in [4.69, 9.17) is 0 Å². The molecule has 1 aromatic heterocycles. The molecule has 0 aliphatic rings. The Labute approximate surface area is 98.1 Å². The third-order valence-corrected chi connectivity index (χ3v) is 4.97. The van der Waals surface area contributed by atoms with Crippen LogP contribution in [-0.4, -0.2) is 6.26 Å². The summed E-state index contributed by atoms with van der Waals surface area (Å²) in [5.74, 6) is 0. The molecule has 0 aliphatic heterocycles. The van der Waals surface area contributed by atoms with E-state index in [2.05, 4.69) is 44.0 Å². The monoisotopic (exact) mass is 240 g/mol. The summed E-state index contributed by atoms with van der Waals surface area (Å²) in [6, 6.07) is 6.53. The number of fused-ring (bicyclic) bond motifs is 1. The molecule has 0 unspecified atom stereocenters. The highest BCUT2D eigenvalue weighted by Gasteiger charge is 2.07. The van der Waals surface area contributed by atoms with Gasteiger partial charge in [-0.1, -0.05) is 13.0 Å². The van der Waals surface area contributed by atoms with Crippen LogP contribution < -0.4 is 0 Å². The van der Waals surface area contributed by atoms with Crippen molar-refractivity contribution in [1.29, 1.82) is 0 Å². The number of hydrogen-bond donors (Lipinski definition) is 1. The lowest BCUT2D eigenvalue weighted by Crippen LogP contribution is -1.79. The minimum Gasteiger partial charge on any atom is -0.143 e. The smallest absolute Gasteiger partial charge is 0.0608 e. The van der Waals surface area contributed by atoms with E-state index >= 15 is 0 Å². The Morgan fingerprint density at radius 2 is 2.21 bits per heavy atom. The fourth-order valence-electron chi connectivity index (χ4n) is 1.52. The molecule has 0 saturated carbocycles. The standard InChI is InChI=1S/C11H12S3/c1-3-7-4-5-9(12)8-6-10(13-2)14-11(7)8/h4-6,12H,3H2,1-2H3. The number of aryl methyl sites for hydroxylation is 1. The van der Waals surface area contributed by atoms with Gasteiger partial charge in [0.2, 0.25) is 0 Å². The van der Waals surface area contributed by atoms with Gasteiger partial charge in [0, 0.05) is 15.0 Å². The molecule has 2 rings (SSSR count). The van der Waals surface area contributed by atoms with Crippen LogP contribution in [0.2, 0.25) is 0 Å². The molecular formula is C11H12S3. The molecule has 74 valence electrons. The second-order valence-corrected chi connectivity index (χ2v) is 5.75. The van der Waals surface area contributed by atoms with Crippen LogP contribution in [-0.2, 0) is 6.42 Å². The Kier molecular flexibility index (Phi) is 3.10. The van der Waals surface area contributed by atoms with Gasteiger partial charge in [-0.25, -0.2) is 0 Å². The van der Waals surface area contributed by atoms with Gasteiger partial charge in [0.1, 0.15) is 0 Å².